The molecule has 142 valence electrons. The predicted molar refractivity (Wildman–Crippen MR) is 109 cm³/mol. The second-order valence-corrected chi connectivity index (χ2v) is 6.08. The van der Waals surface area contributed by atoms with Gasteiger partial charge in [0.05, 0.1) is 25.1 Å². The molecule has 2 rings (SSSR count). The average Bonchev–Trinajstić information content (AvgIpc) is 2.59. The van der Waals surface area contributed by atoms with Crippen LogP contribution in [0.2, 0.25) is 0 Å². The van der Waals surface area contributed by atoms with Gasteiger partial charge in [0.15, 0.2) is 0 Å². The Hall–Kier alpha value is -2.40. The van der Waals surface area contributed by atoms with Crippen LogP contribution in [0.1, 0.15) is 30.4 Å². The van der Waals surface area contributed by atoms with Gasteiger partial charge < -0.3 is 20.5 Å². The molecule has 0 aliphatic heterocycles. The first-order chi connectivity index (χ1) is 12.0. The zero-order valence-corrected chi connectivity index (χ0v) is 16.3. The summed E-state index contributed by atoms with van der Waals surface area (Å²) in [7, 11) is 1.58. The van der Waals surface area contributed by atoms with Crippen LogP contribution in [0.15, 0.2) is 36.4 Å². The quantitative estimate of drug-likeness (QED) is 0.523. The molecule has 0 heterocycles. The van der Waals surface area contributed by atoms with Crippen molar-refractivity contribution < 1.29 is 14.3 Å². The summed E-state index contributed by atoms with van der Waals surface area (Å²) < 4.78 is 10.9. The lowest BCUT2D eigenvalue weighted by Gasteiger charge is -2.11. The third-order valence-corrected chi connectivity index (χ3v) is 3.93. The molecular formula is C20H27ClN2O3. The number of nitrogens with one attached hydrogen (secondary N) is 1. The molecule has 0 aliphatic carbocycles. The van der Waals surface area contributed by atoms with E-state index in [1.807, 2.05) is 19.9 Å². The number of benzene rings is 2. The maximum absolute atomic E-state index is 12.0. The fourth-order valence-corrected chi connectivity index (χ4v) is 2.42. The van der Waals surface area contributed by atoms with Crippen molar-refractivity contribution >= 4 is 29.7 Å². The largest absolute Gasteiger partial charge is 0.497 e. The smallest absolute Gasteiger partial charge is 0.224 e. The molecule has 26 heavy (non-hydrogen) atoms. The number of unbranched alkanes of at least 4 members (excludes halogenated alkanes) is 1. The first kappa shape index (κ1) is 21.6. The molecule has 0 bridgehead atoms. The number of hydrogen-bond donors (Lipinski definition) is 2. The Labute approximate surface area is 161 Å². The highest BCUT2D eigenvalue weighted by molar-refractivity contribution is 5.94. The first-order valence-electron chi connectivity index (χ1n) is 8.43. The van der Waals surface area contributed by atoms with Gasteiger partial charge in [-0.25, -0.2) is 0 Å². The summed E-state index contributed by atoms with van der Waals surface area (Å²) in [5, 5.41) is 2.83. The second-order valence-electron chi connectivity index (χ2n) is 6.08. The van der Waals surface area contributed by atoms with E-state index in [1.165, 1.54) is 5.56 Å². The number of carbonyl (C=O) groups excluding carboxylic acids is 1. The number of halogens is 1. The van der Waals surface area contributed by atoms with Crippen LogP contribution in [0.4, 0.5) is 11.4 Å². The number of rotatable bonds is 8. The first-order valence-corrected chi connectivity index (χ1v) is 8.43. The summed E-state index contributed by atoms with van der Waals surface area (Å²) in [5.41, 5.74) is 9.27. The Morgan fingerprint density at radius 1 is 1.12 bits per heavy atom. The fraction of sp³-hybridized carbons (Fsp3) is 0.350. The molecule has 0 aliphatic rings. The summed E-state index contributed by atoms with van der Waals surface area (Å²) in [4.78, 5) is 12.0. The number of anilines is 2. The SMILES string of the molecule is COc1ccc(N)c(NC(=O)CCCCOc2cc(C)ccc2C)c1.Cl. The van der Waals surface area contributed by atoms with Crippen LogP contribution in [-0.2, 0) is 4.79 Å². The molecule has 0 unspecified atom stereocenters. The lowest BCUT2D eigenvalue weighted by atomic mass is 10.1. The highest BCUT2D eigenvalue weighted by Crippen LogP contribution is 2.24. The third-order valence-electron chi connectivity index (χ3n) is 3.93. The van der Waals surface area contributed by atoms with Gasteiger partial charge in [-0.05, 0) is 56.0 Å². The van der Waals surface area contributed by atoms with Gasteiger partial charge in [0.25, 0.3) is 0 Å². The predicted octanol–water partition coefficient (Wildman–Crippen LogP) is 4.50. The minimum atomic E-state index is -0.0633. The molecule has 2 aromatic carbocycles. The Morgan fingerprint density at radius 2 is 1.88 bits per heavy atom. The van der Waals surface area contributed by atoms with E-state index in [1.54, 1.807) is 25.3 Å². The maximum atomic E-state index is 12.0. The van der Waals surface area contributed by atoms with Gasteiger partial charge in [-0.3, -0.25) is 4.79 Å². The highest BCUT2D eigenvalue weighted by atomic mass is 35.5. The molecule has 6 heteroatoms. The Kier molecular flexibility index (Phi) is 8.79. The van der Waals surface area contributed by atoms with Crippen molar-refractivity contribution in [3.8, 4) is 11.5 Å². The number of aryl methyl sites for hydroxylation is 2. The topological polar surface area (TPSA) is 73.6 Å². The molecule has 1 amide bonds. The number of nitrogens with two attached hydrogens (primary N) is 1. The van der Waals surface area contributed by atoms with Crippen molar-refractivity contribution in [1.29, 1.82) is 0 Å². The molecule has 0 fully saturated rings. The summed E-state index contributed by atoms with van der Waals surface area (Å²) in [5.74, 6) is 1.51. The Morgan fingerprint density at radius 3 is 2.62 bits per heavy atom. The standard InChI is InChI=1S/C20H26N2O3.ClH/c1-14-7-8-15(2)19(12-14)25-11-5-4-6-20(23)22-18-13-16(24-3)9-10-17(18)21;/h7-10,12-13H,4-6,11,21H2,1-3H3,(H,22,23);1H. The molecular weight excluding hydrogens is 352 g/mol. The van der Waals surface area contributed by atoms with Crippen LogP contribution in [-0.4, -0.2) is 19.6 Å². The van der Waals surface area contributed by atoms with Crippen LogP contribution < -0.4 is 20.5 Å². The van der Waals surface area contributed by atoms with Gasteiger partial charge in [0, 0.05) is 12.5 Å². The fourth-order valence-electron chi connectivity index (χ4n) is 2.42. The maximum Gasteiger partial charge on any atom is 0.224 e. The van der Waals surface area contributed by atoms with Crippen molar-refractivity contribution in [2.45, 2.75) is 33.1 Å². The zero-order valence-electron chi connectivity index (χ0n) is 15.5. The van der Waals surface area contributed by atoms with E-state index < -0.39 is 0 Å². The molecule has 0 radical (unpaired) electrons. The van der Waals surface area contributed by atoms with Gasteiger partial charge >= 0.3 is 0 Å². The molecule has 0 aromatic heterocycles. The second kappa shape index (κ2) is 10.6. The van der Waals surface area contributed by atoms with Crippen LogP contribution in [0.25, 0.3) is 0 Å². The van der Waals surface area contributed by atoms with E-state index in [0.717, 1.165) is 24.2 Å². The van der Waals surface area contributed by atoms with E-state index in [4.69, 9.17) is 15.2 Å². The van der Waals surface area contributed by atoms with E-state index >= 15 is 0 Å². The van der Waals surface area contributed by atoms with Gasteiger partial charge in [0.1, 0.15) is 11.5 Å². The molecule has 0 spiro atoms. The van der Waals surface area contributed by atoms with Crippen LogP contribution >= 0.6 is 12.4 Å². The number of ether oxygens (including phenoxy) is 2. The van der Waals surface area contributed by atoms with E-state index in [2.05, 4.69) is 17.4 Å². The monoisotopic (exact) mass is 378 g/mol. The summed E-state index contributed by atoms with van der Waals surface area (Å²) in [6.45, 7) is 4.67. The number of hydrogen-bond acceptors (Lipinski definition) is 4. The normalized spacial score (nSPS) is 9.96. The van der Waals surface area contributed by atoms with Gasteiger partial charge in [-0.2, -0.15) is 0 Å². The molecule has 0 atom stereocenters. The summed E-state index contributed by atoms with van der Waals surface area (Å²) in [6.07, 6.45) is 1.99. The van der Waals surface area contributed by atoms with Crippen molar-refractivity contribution in [2.75, 3.05) is 24.8 Å². The van der Waals surface area contributed by atoms with Gasteiger partial charge in [-0.15, -0.1) is 12.4 Å². The highest BCUT2D eigenvalue weighted by Gasteiger charge is 2.07. The van der Waals surface area contributed by atoms with Crippen molar-refractivity contribution in [3.63, 3.8) is 0 Å². The summed E-state index contributed by atoms with van der Waals surface area (Å²) in [6, 6.07) is 11.3. The molecule has 0 saturated carbocycles. The van der Waals surface area contributed by atoms with Crippen LogP contribution in [0.3, 0.4) is 0 Å². The van der Waals surface area contributed by atoms with Crippen molar-refractivity contribution in [3.05, 3.63) is 47.5 Å². The number of nitrogen functional groups attached to an aromatic ring is 1. The number of carbonyl (C=O) groups is 1. The van der Waals surface area contributed by atoms with Gasteiger partial charge in [-0.1, -0.05) is 12.1 Å². The molecule has 5 nitrogen and oxygen atoms in total. The van der Waals surface area contributed by atoms with Gasteiger partial charge in [0.2, 0.25) is 5.91 Å². The molecule has 2 aromatic rings. The van der Waals surface area contributed by atoms with Crippen molar-refractivity contribution in [1.82, 2.24) is 0 Å². The minimum absolute atomic E-state index is 0. The van der Waals surface area contributed by atoms with Crippen LogP contribution in [0.5, 0.6) is 11.5 Å². The molecule has 3 N–H and O–H groups in total. The zero-order chi connectivity index (χ0) is 18.2. The van der Waals surface area contributed by atoms with Crippen molar-refractivity contribution in [2.24, 2.45) is 0 Å². The number of methoxy groups -OCH3 is 1. The van der Waals surface area contributed by atoms with Crippen LogP contribution in [0, 0.1) is 13.8 Å². The lowest BCUT2D eigenvalue weighted by Crippen LogP contribution is -2.13. The minimum Gasteiger partial charge on any atom is -0.497 e. The Bertz CT molecular complexity index is 735. The van der Waals surface area contributed by atoms with E-state index in [0.29, 0.717) is 30.2 Å². The van der Waals surface area contributed by atoms with E-state index in [9.17, 15) is 4.79 Å². The Balaban J connectivity index is 0.00000338. The third kappa shape index (κ3) is 6.48. The molecule has 0 saturated heterocycles. The lowest BCUT2D eigenvalue weighted by molar-refractivity contribution is -0.116. The average molecular weight is 379 g/mol. The number of amides is 1. The summed E-state index contributed by atoms with van der Waals surface area (Å²) >= 11 is 0. The van der Waals surface area contributed by atoms with E-state index in [-0.39, 0.29) is 18.3 Å².